The smallest absolute Gasteiger partial charge is 0.219 e. The second-order valence-electron chi connectivity index (χ2n) is 6.84. The average Bonchev–Trinajstić information content (AvgIpc) is 3.22. The molecule has 2 unspecified atom stereocenters. The van der Waals surface area contributed by atoms with Crippen molar-refractivity contribution in [1.29, 1.82) is 0 Å². The first-order chi connectivity index (χ1) is 13.0. The molecule has 2 aromatic carbocycles. The van der Waals surface area contributed by atoms with Gasteiger partial charge in [0.1, 0.15) is 36.0 Å². The largest absolute Gasteiger partial charge is 0.466 e. The Balaban J connectivity index is 1.76. The zero-order valence-corrected chi connectivity index (χ0v) is 16.8. The number of nitrogens with zero attached hydrogens (tertiary/aromatic N) is 3. The first kappa shape index (κ1) is 19.4. The van der Waals surface area contributed by atoms with E-state index in [-0.39, 0.29) is 0 Å². The Morgan fingerprint density at radius 1 is 1.04 bits per heavy atom. The fourth-order valence-corrected chi connectivity index (χ4v) is 2.76. The van der Waals surface area contributed by atoms with Crippen molar-refractivity contribution in [3.05, 3.63) is 67.3 Å². The highest BCUT2D eigenvalue weighted by Gasteiger charge is 2.36. The van der Waals surface area contributed by atoms with Crippen molar-refractivity contribution in [2.24, 2.45) is 5.41 Å². The van der Waals surface area contributed by atoms with E-state index in [0.717, 1.165) is 5.75 Å². The van der Waals surface area contributed by atoms with Crippen LogP contribution in [0, 0.1) is 5.41 Å². The van der Waals surface area contributed by atoms with Crippen LogP contribution < -0.4 is 9.47 Å². The van der Waals surface area contributed by atoms with Gasteiger partial charge in [0.05, 0.1) is 0 Å². The molecule has 0 bridgehead atoms. The van der Waals surface area contributed by atoms with Gasteiger partial charge in [0, 0.05) is 10.7 Å². The standard InChI is InChI=1S/C20H22BrN3O3/c1-20(2,12-21)18(25)19(24-14-22-13-23-24)27-17-10-8-16(9-11-17)26-15-6-4-3-5-7-15/h3-11,13-14,18-19,25H,12H2,1-2H3. The molecule has 0 aliphatic rings. The van der Waals surface area contributed by atoms with Crippen LogP contribution in [0.3, 0.4) is 0 Å². The number of hydrogen-bond donors (Lipinski definition) is 1. The molecule has 1 heterocycles. The normalized spacial score (nSPS) is 13.8. The lowest BCUT2D eigenvalue weighted by atomic mass is 9.88. The van der Waals surface area contributed by atoms with Gasteiger partial charge in [-0.25, -0.2) is 9.67 Å². The van der Waals surface area contributed by atoms with Gasteiger partial charge in [0.15, 0.2) is 0 Å². The van der Waals surface area contributed by atoms with Crippen LogP contribution >= 0.6 is 15.9 Å². The maximum atomic E-state index is 10.9. The molecule has 6 nitrogen and oxygen atoms in total. The molecule has 2 atom stereocenters. The number of hydrogen-bond acceptors (Lipinski definition) is 5. The molecule has 27 heavy (non-hydrogen) atoms. The van der Waals surface area contributed by atoms with Gasteiger partial charge < -0.3 is 14.6 Å². The van der Waals surface area contributed by atoms with E-state index in [4.69, 9.17) is 9.47 Å². The predicted octanol–water partition coefficient (Wildman–Crippen LogP) is 4.43. The number of ether oxygens (including phenoxy) is 2. The van der Waals surface area contributed by atoms with Crippen LogP contribution in [0.4, 0.5) is 0 Å². The van der Waals surface area contributed by atoms with Crippen LogP contribution in [0.15, 0.2) is 67.3 Å². The zero-order chi connectivity index (χ0) is 19.3. The molecule has 3 rings (SSSR count). The van der Waals surface area contributed by atoms with Gasteiger partial charge in [-0.2, -0.15) is 5.10 Å². The van der Waals surface area contributed by atoms with Crippen molar-refractivity contribution in [2.45, 2.75) is 26.2 Å². The van der Waals surface area contributed by atoms with Crippen molar-refractivity contribution in [2.75, 3.05) is 5.33 Å². The van der Waals surface area contributed by atoms with Crippen molar-refractivity contribution in [3.8, 4) is 17.2 Å². The zero-order valence-electron chi connectivity index (χ0n) is 15.2. The van der Waals surface area contributed by atoms with Crippen LogP contribution in [-0.4, -0.2) is 31.3 Å². The Hall–Kier alpha value is -2.38. The fraction of sp³-hybridized carbons (Fsp3) is 0.300. The van der Waals surface area contributed by atoms with Gasteiger partial charge in [-0.1, -0.05) is 48.0 Å². The highest BCUT2D eigenvalue weighted by molar-refractivity contribution is 9.09. The lowest BCUT2D eigenvalue weighted by Crippen LogP contribution is -2.41. The number of aromatic nitrogens is 3. The molecule has 0 aliphatic heterocycles. The van der Waals surface area contributed by atoms with Crippen molar-refractivity contribution in [3.63, 3.8) is 0 Å². The molecule has 0 fully saturated rings. The van der Waals surface area contributed by atoms with Gasteiger partial charge in [-0.05, 0) is 36.4 Å². The Morgan fingerprint density at radius 3 is 2.26 bits per heavy atom. The number of aliphatic hydroxyl groups excluding tert-OH is 1. The molecular formula is C20H22BrN3O3. The third kappa shape index (κ3) is 4.87. The van der Waals surface area contributed by atoms with E-state index in [9.17, 15) is 5.11 Å². The van der Waals surface area contributed by atoms with Crippen LogP contribution in [0.2, 0.25) is 0 Å². The van der Waals surface area contributed by atoms with E-state index in [1.54, 1.807) is 12.1 Å². The Labute approximate surface area is 166 Å². The van der Waals surface area contributed by atoms with E-state index in [1.165, 1.54) is 17.3 Å². The van der Waals surface area contributed by atoms with Crippen molar-refractivity contribution >= 4 is 15.9 Å². The summed E-state index contributed by atoms with van der Waals surface area (Å²) in [4.78, 5) is 3.96. The van der Waals surface area contributed by atoms with Gasteiger partial charge in [-0.3, -0.25) is 0 Å². The molecule has 0 amide bonds. The summed E-state index contributed by atoms with van der Waals surface area (Å²) in [5.41, 5.74) is -0.424. The quantitative estimate of drug-likeness (QED) is 0.534. The first-order valence-electron chi connectivity index (χ1n) is 8.57. The van der Waals surface area contributed by atoms with E-state index < -0.39 is 17.7 Å². The molecule has 0 aliphatic carbocycles. The van der Waals surface area contributed by atoms with Crippen LogP contribution in [0.5, 0.6) is 17.2 Å². The molecule has 3 aromatic rings. The monoisotopic (exact) mass is 431 g/mol. The average molecular weight is 432 g/mol. The first-order valence-corrected chi connectivity index (χ1v) is 9.69. The third-order valence-electron chi connectivity index (χ3n) is 4.17. The highest BCUT2D eigenvalue weighted by Crippen LogP contribution is 2.33. The molecule has 1 N–H and O–H groups in total. The Kier molecular flexibility index (Phi) is 6.13. The molecule has 1 aromatic heterocycles. The number of benzene rings is 2. The van der Waals surface area contributed by atoms with Gasteiger partial charge in [-0.15, -0.1) is 0 Å². The molecule has 0 radical (unpaired) electrons. The summed E-state index contributed by atoms with van der Waals surface area (Å²) in [6.45, 7) is 3.91. The highest BCUT2D eigenvalue weighted by atomic mass is 79.9. The van der Waals surface area contributed by atoms with Crippen LogP contribution in [0.25, 0.3) is 0 Å². The summed E-state index contributed by atoms with van der Waals surface area (Å²) >= 11 is 3.45. The van der Waals surface area contributed by atoms with E-state index in [0.29, 0.717) is 16.8 Å². The minimum absolute atomic E-state index is 0.424. The van der Waals surface area contributed by atoms with Crippen molar-refractivity contribution < 1.29 is 14.6 Å². The summed E-state index contributed by atoms with van der Waals surface area (Å²) in [5.74, 6) is 2.06. The fourth-order valence-electron chi connectivity index (χ4n) is 2.43. The number of aliphatic hydroxyl groups is 1. The predicted molar refractivity (Wildman–Crippen MR) is 106 cm³/mol. The molecule has 0 spiro atoms. The number of para-hydroxylation sites is 1. The third-order valence-corrected chi connectivity index (χ3v) is 5.62. The summed E-state index contributed by atoms with van der Waals surface area (Å²) in [5, 5.41) is 15.6. The van der Waals surface area contributed by atoms with E-state index in [2.05, 4.69) is 26.0 Å². The minimum atomic E-state index is -0.807. The Bertz CT molecular complexity index is 823. The maximum Gasteiger partial charge on any atom is 0.219 e. The van der Waals surface area contributed by atoms with Gasteiger partial charge >= 0.3 is 0 Å². The number of halogens is 1. The summed E-state index contributed by atoms with van der Waals surface area (Å²) in [6, 6.07) is 16.8. The Morgan fingerprint density at radius 2 is 1.67 bits per heavy atom. The lowest BCUT2D eigenvalue weighted by molar-refractivity contribution is -0.0710. The summed E-state index contributed by atoms with van der Waals surface area (Å²) in [7, 11) is 0. The van der Waals surface area contributed by atoms with Crippen LogP contribution in [-0.2, 0) is 0 Å². The molecule has 0 saturated carbocycles. The SMILES string of the molecule is CC(C)(CBr)C(O)C(Oc1ccc(Oc2ccccc2)cc1)n1cncn1. The molecule has 0 saturated heterocycles. The molecular weight excluding hydrogens is 410 g/mol. The molecule has 7 heteroatoms. The lowest BCUT2D eigenvalue weighted by Gasteiger charge is -2.34. The van der Waals surface area contributed by atoms with Gasteiger partial charge in [0.2, 0.25) is 6.23 Å². The molecule has 142 valence electrons. The number of rotatable bonds is 8. The topological polar surface area (TPSA) is 69.4 Å². The summed E-state index contributed by atoms with van der Waals surface area (Å²) in [6.07, 6.45) is 1.44. The minimum Gasteiger partial charge on any atom is -0.466 e. The van der Waals surface area contributed by atoms with E-state index >= 15 is 0 Å². The number of alkyl halides is 1. The maximum absolute atomic E-state index is 10.9. The van der Waals surface area contributed by atoms with Crippen molar-refractivity contribution in [1.82, 2.24) is 14.8 Å². The van der Waals surface area contributed by atoms with Crippen LogP contribution in [0.1, 0.15) is 20.1 Å². The second kappa shape index (κ2) is 8.54. The second-order valence-corrected chi connectivity index (χ2v) is 7.40. The summed E-state index contributed by atoms with van der Waals surface area (Å²) < 4.78 is 13.4. The van der Waals surface area contributed by atoms with Gasteiger partial charge in [0.25, 0.3) is 0 Å². The van der Waals surface area contributed by atoms with E-state index in [1.807, 2.05) is 56.3 Å².